The van der Waals surface area contributed by atoms with E-state index in [2.05, 4.69) is 10.6 Å². The number of urea groups is 1. The minimum atomic E-state index is -0.603. The molecule has 1 aromatic carbocycles. The highest BCUT2D eigenvalue weighted by Gasteiger charge is 2.36. The van der Waals surface area contributed by atoms with Crippen molar-refractivity contribution in [3.8, 4) is 0 Å². The molecule has 1 aromatic heterocycles. The fourth-order valence-corrected chi connectivity index (χ4v) is 3.22. The van der Waals surface area contributed by atoms with Gasteiger partial charge in [0, 0.05) is 30.7 Å². The minimum Gasteiger partial charge on any atom is -0.324 e. The van der Waals surface area contributed by atoms with Gasteiger partial charge in [0.25, 0.3) is 5.56 Å². The topological polar surface area (TPSA) is 83.4 Å². The van der Waals surface area contributed by atoms with Crippen LogP contribution in [0.5, 0.6) is 0 Å². The molecule has 0 bridgehead atoms. The average molecular weight is 368 g/mol. The molecule has 1 aliphatic rings. The Bertz CT molecular complexity index is 921. The first kappa shape index (κ1) is 18.7. The molecule has 7 nitrogen and oxygen atoms in total. The van der Waals surface area contributed by atoms with Crippen LogP contribution in [0.1, 0.15) is 25.8 Å². The third kappa shape index (κ3) is 3.86. The summed E-state index contributed by atoms with van der Waals surface area (Å²) in [5, 5.41) is 5.70. The number of pyridine rings is 1. The number of nitrogens with zero attached hydrogens (tertiary/aromatic N) is 2. The number of aryl methyl sites for hydroxylation is 1. The number of hydrogen-bond donors (Lipinski definition) is 2. The van der Waals surface area contributed by atoms with Crippen molar-refractivity contribution in [2.75, 3.05) is 10.6 Å². The number of fused-ring (bicyclic) bond motifs is 1. The first-order valence-electron chi connectivity index (χ1n) is 9.03. The Kier molecular flexibility index (Phi) is 5.30. The lowest BCUT2D eigenvalue weighted by Gasteiger charge is -2.32. The summed E-state index contributed by atoms with van der Waals surface area (Å²) in [5.74, 6) is -0.220. The summed E-state index contributed by atoms with van der Waals surface area (Å²) in [7, 11) is 1.64. The van der Waals surface area contributed by atoms with Gasteiger partial charge in [0.05, 0.1) is 6.54 Å². The van der Waals surface area contributed by atoms with Crippen molar-refractivity contribution in [2.45, 2.75) is 32.9 Å². The molecule has 7 heteroatoms. The monoisotopic (exact) mass is 368 g/mol. The van der Waals surface area contributed by atoms with Crippen LogP contribution in [0.15, 0.2) is 47.4 Å². The Hall–Kier alpha value is -3.09. The first-order chi connectivity index (χ1) is 12.9. The van der Waals surface area contributed by atoms with Crippen molar-refractivity contribution in [1.82, 2.24) is 9.47 Å². The van der Waals surface area contributed by atoms with Crippen LogP contribution in [0.2, 0.25) is 0 Å². The summed E-state index contributed by atoms with van der Waals surface area (Å²) in [5.41, 5.74) is 1.78. The zero-order valence-electron chi connectivity index (χ0n) is 15.7. The number of amides is 3. The number of carbonyl (C=O) groups excluding carboxylic acids is 2. The molecule has 27 heavy (non-hydrogen) atoms. The van der Waals surface area contributed by atoms with E-state index in [1.165, 1.54) is 10.6 Å². The largest absolute Gasteiger partial charge is 0.324 e. The number of rotatable bonds is 3. The molecule has 0 radical (unpaired) electrons. The molecule has 0 saturated carbocycles. The molecular formula is C20H24N4O3. The zero-order chi connectivity index (χ0) is 19.6. The van der Waals surface area contributed by atoms with Crippen LogP contribution in [0.3, 0.4) is 0 Å². The SMILES string of the molecule is CC[C@H](C)[C@H]1C(=O)Nc2ccccc2CN1C(=O)Nc1ccn(C)c(=O)c1. The van der Waals surface area contributed by atoms with Gasteiger partial charge >= 0.3 is 6.03 Å². The van der Waals surface area contributed by atoms with E-state index in [0.717, 1.165) is 17.7 Å². The minimum absolute atomic E-state index is 0.0197. The van der Waals surface area contributed by atoms with E-state index in [0.29, 0.717) is 12.2 Å². The number of nitrogens with one attached hydrogen (secondary N) is 2. The van der Waals surface area contributed by atoms with E-state index in [1.807, 2.05) is 38.1 Å². The number of aromatic nitrogens is 1. The zero-order valence-corrected chi connectivity index (χ0v) is 15.7. The lowest BCUT2D eigenvalue weighted by molar-refractivity contribution is -0.121. The molecule has 0 unspecified atom stereocenters. The fraction of sp³-hybridized carbons (Fsp3) is 0.350. The molecule has 2 atom stereocenters. The number of carbonyl (C=O) groups is 2. The van der Waals surface area contributed by atoms with E-state index >= 15 is 0 Å². The fourth-order valence-electron chi connectivity index (χ4n) is 3.22. The van der Waals surface area contributed by atoms with Crippen LogP contribution < -0.4 is 16.2 Å². The molecule has 0 fully saturated rings. The normalized spacial score (nSPS) is 17.5. The van der Waals surface area contributed by atoms with Gasteiger partial charge in [-0.3, -0.25) is 9.59 Å². The van der Waals surface area contributed by atoms with Gasteiger partial charge < -0.3 is 20.1 Å². The predicted molar refractivity (Wildman–Crippen MR) is 105 cm³/mol. The van der Waals surface area contributed by atoms with Crippen molar-refractivity contribution < 1.29 is 9.59 Å². The summed E-state index contributed by atoms with van der Waals surface area (Å²) in [6.07, 6.45) is 2.35. The Morgan fingerprint density at radius 3 is 2.74 bits per heavy atom. The molecule has 0 spiro atoms. The second-order valence-corrected chi connectivity index (χ2v) is 6.90. The van der Waals surface area contributed by atoms with E-state index in [9.17, 15) is 14.4 Å². The van der Waals surface area contributed by atoms with Gasteiger partial charge in [-0.15, -0.1) is 0 Å². The molecule has 2 N–H and O–H groups in total. The van der Waals surface area contributed by atoms with Gasteiger partial charge in [-0.05, 0) is 23.6 Å². The van der Waals surface area contributed by atoms with Gasteiger partial charge in [0.15, 0.2) is 0 Å². The van der Waals surface area contributed by atoms with Gasteiger partial charge in [-0.1, -0.05) is 38.5 Å². The van der Waals surface area contributed by atoms with Gasteiger partial charge in [-0.25, -0.2) is 4.79 Å². The maximum Gasteiger partial charge on any atom is 0.322 e. The highest BCUT2D eigenvalue weighted by atomic mass is 16.2. The highest BCUT2D eigenvalue weighted by Crippen LogP contribution is 2.27. The molecule has 1 aliphatic heterocycles. The van der Waals surface area contributed by atoms with Crippen molar-refractivity contribution >= 4 is 23.3 Å². The third-order valence-electron chi connectivity index (χ3n) is 5.02. The molecule has 0 saturated heterocycles. The van der Waals surface area contributed by atoms with Crippen LogP contribution >= 0.6 is 0 Å². The van der Waals surface area contributed by atoms with Gasteiger partial charge in [-0.2, -0.15) is 0 Å². The van der Waals surface area contributed by atoms with E-state index in [4.69, 9.17) is 0 Å². The van der Waals surface area contributed by atoms with Crippen LogP contribution in [0, 0.1) is 5.92 Å². The summed E-state index contributed by atoms with van der Waals surface area (Å²) in [4.78, 5) is 39.3. The summed E-state index contributed by atoms with van der Waals surface area (Å²) < 4.78 is 1.42. The molecule has 2 heterocycles. The maximum atomic E-state index is 13.0. The van der Waals surface area contributed by atoms with E-state index in [1.54, 1.807) is 24.2 Å². The molecule has 3 rings (SSSR count). The molecule has 142 valence electrons. The summed E-state index contributed by atoms with van der Waals surface area (Å²) in [6, 6.07) is 9.48. The lowest BCUT2D eigenvalue weighted by atomic mass is 9.97. The predicted octanol–water partition coefficient (Wildman–Crippen LogP) is 2.79. The van der Waals surface area contributed by atoms with E-state index in [-0.39, 0.29) is 17.4 Å². The first-order valence-corrected chi connectivity index (χ1v) is 9.03. The standard InChI is InChI=1S/C20H24N4O3/c1-4-13(2)18-19(26)22-16-8-6-5-7-14(16)12-24(18)20(27)21-15-9-10-23(3)17(25)11-15/h5-11,13,18H,4,12H2,1-3H3,(H,21,27)(H,22,26)/t13-,18-/m0/s1. The number of anilines is 2. The average Bonchev–Trinajstić information content (AvgIpc) is 2.80. The summed E-state index contributed by atoms with van der Waals surface area (Å²) in [6.45, 7) is 4.26. The highest BCUT2D eigenvalue weighted by molar-refractivity contribution is 6.00. The Balaban J connectivity index is 1.94. The number of para-hydroxylation sites is 1. The Labute approximate surface area is 158 Å². The molecular weight excluding hydrogens is 344 g/mol. The molecule has 0 aliphatic carbocycles. The smallest absolute Gasteiger partial charge is 0.322 e. The number of hydrogen-bond acceptors (Lipinski definition) is 3. The maximum absolute atomic E-state index is 13.0. The van der Waals surface area contributed by atoms with Gasteiger partial charge in [0.1, 0.15) is 6.04 Å². The van der Waals surface area contributed by atoms with Crippen molar-refractivity contribution in [3.05, 3.63) is 58.5 Å². The van der Waals surface area contributed by atoms with E-state index < -0.39 is 12.1 Å². The summed E-state index contributed by atoms with van der Waals surface area (Å²) >= 11 is 0. The molecule has 3 amide bonds. The lowest BCUT2D eigenvalue weighted by Crippen LogP contribution is -2.50. The van der Waals surface area contributed by atoms with Crippen molar-refractivity contribution in [3.63, 3.8) is 0 Å². The molecule has 2 aromatic rings. The van der Waals surface area contributed by atoms with Crippen LogP contribution in [-0.4, -0.2) is 27.4 Å². The second-order valence-electron chi connectivity index (χ2n) is 6.90. The third-order valence-corrected chi connectivity index (χ3v) is 5.02. The quantitative estimate of drug-likeness (QED) is 0.874. The Morgan fingerprint density at radius 1 is 1.30 bits per heavy atom. The van der Waals surface area contributed by atoms with Crippen molar-refractivity contribution in [1.29, 1.82) is 0 Å². The number of benzene rings is 1. The Morgan fingerprint density at radius 2 is 2.04 bits per heavy atom. The van der Waals surface area contributed by atoms with Gasteiger partial charge in [0.2, 0.25) is 5.91 Å². The second kappa shape index (κ2) is 7.65. The van der Waals surface area contributed by atoms with Crippen LogP contribution in [0.25, 0.3) is 0 Å². The van der Waals surface area contributed by atoms with Crippen molar-refractivity contribution in [2.24, 2.45) is 13.0 Å². The van der Waals surface area contributed by atoms with Crippen LogP contribution in [-0.2, 0) is 18.4 Å². The van der Waals surface area contributed by atoms with Crippen LogP contribution in [0.4, 0.5) is 16.2 Å².